The molecule has 0 aliphatic rings. The van der Waals surface area contributed by atoms with Crippen LogP contribution in [0.3, 0.4) is 0 Å². The molecule has 1 aromatic rings. The molecule has 2 N–H and O–H groups in total. The van der Waals surface area contributed by atoms with Gasteiger partial charge in [-0.1, -0.05) is 70.6 Å². The second kappa shape index (κ2) is 12.0. The summed E-state index contributed by atoms with van der Waals surface area (Å²) in [6.45, 7) is 11.5. The lowest BCUT2D eigenvalue weighted by atomic mass is 9.72. The van der Waals surface area contributed by atoms with Crippen molar-refractivity contribution in [2.24, 2.45) is 0 Å². The standard InChI is InChI=1S/C24H43BO3/c1-7-9-11-13-15-20-17-18-21(16-14-12-10-8-2)22(19-20)25(27)28-24(5,6)23(3,4)26/h17-19,26-27H,7-16H2,1-6H3. The van der Waals surface area contributed by atoms with Crippen LogP contribution >= 0.6 is 0 Å². The van der Waals surface area contributed by atoms with Gasteiger partial charge in [-0.2, -0.15) is 0 Å². The van der Waals surface area contributed by atoms with E-state index in [1.54, 1.807) is 13.8 Å². The number of aryl methyl sites for hydroxylation is 2. The molecule has 0 heterocycles. The van der Waals surface area contributed by atoms with E-state index in [2.05, 4.69) is 32.0 Å². The van der Waals surface area contributed by atoms with E-state index in [4.69, 9.17) is 4.65 Å². The van der Waals surface area contributed by atoms with E-state index in [0.717, 1.165) is 30.3 Å². The minimum absolute atomic E-state index is 0.858. The first-order chi connectivity index (χ1) is 13.1. The SMILES string of the molecule is CCCCCCc1ccc(CCCCCC)c(B(O)OC(C)(C)C(C)(C)O)c1. The minimum atomic E-state index is -1.05. The van der Waals surface area contributed by atoms with Crippen molar-refractivity contribution in [2.45, 2.75) is 117 Å². The van der Waals surface area contributed by atoms with E-state index in [0.29, 0.717) is 0 Å². The largest absolute Gasteiger partial charge is 0.491 e. The Morgan fingerprint density at radius 3 is 1.96 bits per heavy atom. The molecule has 1 aromatic carbocycles. The second-order valence-electron chi connectivity index (χ2n) is 9.19. The Morgan fingerprint density at radius 2 is 1.43 bits per heavy atom. The highest BCUT2D eigenvalue weighted by atomic mass is 16.5. The second-order valence-corrected chi connectivity index (χ2v) is 9.19. The average molecular weight is 390 g/mol. The summed E-state index contributed by atoms with van der Waals surface area (Å²) in [7, 11) is -1.03. The summed E-state index contributed by atoms with van der Waals surface area (Å²) in [6.07, 6.45) is 11.7. The molecule has 160 valence electrons. The molecule has 0 aliphatic heterocycles. The van der Waals surface area contributed by atoms with Crippen LogP contribution in [0.2, 0.25) is 0 Å². The van der Waals surface area contributed by atoms with Crippen molar-refractivity contribution in [3.05, 3.63) is 29.3 Å². The summed E-state index contributed by atoms with van der Waals surface area (Å²) >= 11 is 0. The number of benzene rings is 1. The predicted octanol–water partition coefficient (Wildman–Crippen LogP) is 5.19. The first-order valence-electron chi connectivity index (χ1n) is 11.3. The van der Waals surface area contributed by atoms with Gasteiger partial charge in [0.25, 0.3) is 0 Å². The number of unbranched alkanes of at least 4 members (excludes halogenated alkanes) is 6. The molecule has 0 saturated heterocycles. The maximum absolute atomic E-state index is 10.9. The monoisotopic (exact) mass is 390 g/mol. The molecular weight excluding hydrogens is 347 g/mol. The topological polar surface area (TPSA) is 49.7 Å². The third kappa shape index (κ3) is 8.27. The van der Waals surface area contributed by atoms with Crippen molar-refractivity contribution in [1.29, 1.82) is 0 Å². The van der Waals surface area contributed by atoms with Gasteiger partial charge in [-0.3, -0.25) is 0 Å². The summed E-state index contributed by atoms with van der Waals surface area (Å²) in [5.74, 6) is 0. The van der Waals surface area contributed by atoms with Crippen LogP contribution in [0, 0.1) is 0 Å². The van der Waals surface area contributed by atoms with Crippen LogP contribution < -0.4 is 5.46 Å². The van der Waals surface area contributed by atoms with Gasteiger partial charge in [0, 0.05) is 0 Å². The highest BCUT2D eigenvalue weighted by Crippen LogP contribution is 2.25. The Labute approximate surface area is 174 Å². The quantitative estimate of drug-likeness (QED) is 0.340. The van der Waals surface area contributed by atoms with Gasteiger partial charge in [0.1, 0.15) is 0 Å². The molecule has 1 rings (SSSR count). The summed E-state index contributed by atoms with van der Waals surface area (Å²) in [4.78, 5) is 0. The number of aliphatic hydroxyl groups is 1. The van der Waals surface area contributed by atoms with Crippen molar-refractivity contribution in [3.63, 3.8) is 0 Å². The van der Waals surface area contributed by atoms with E-state index in [1.165, 1.54) is 50.5 Å². The minimum Gasteiger partial charge on any atom is -0.423 e. The molecule has 0 amide bonds. The van der Waals surface area contributed by atoms with Crippen LogP contribution in [0.15, 0.2) is 18.2 Å². The Bertz CT molecular complexity index is 563. The molecule has 0 spiro atoms. The number of rotatable bonds is 14. The van der Waals surface area contributed by atoms with Crippen molar-refractivity contribution < 1.29 is 14.8 Å². The van der Waals surface area contributed by atoms with Gasteiger partial charge in [-0.15, -0.1) is 0 Å². The first-order valence-corrected chi connectivity index (χ1v) is 11.3. The first kappa shape index (κ1) is 25.2. The van der Waals surface area contributed by atoms with E-state index >= 15 is 0 Å². The molecule has 0 bridgehead atoms. The average Bonchev–Trinajstić information content (AvgIpc) is 2.61. The number of hydrogen-bond donors (Lipinski definition) is 2. The zero-order valence-electron chi connectivity index (χ0n) is 19.2. The van der Waals surface area contributed by atoms with Crippen LogP contribution in [-0.4, -0.2) is 28.5 Å². The summed E-state index contributed by atoms with van der Waals surface area (Å²) in [5.41, 5.74) is 1.37. The van der Waals surface area contributed by atoms with Gasteiger partial charge in [0.05, 0.1) is 11.2 Å². The van der Waals surface area contributed by atoms with E-state index in [1.807, 2.05) is 13.8 Å². The van der Waals surface area contributed by atoms with Crippen molar-refractivity contribution >= 4 is 12.6 Å². The van der Waals surface area contributed by atoms with E-state index in [9.17, 15) is 10.1 Å². The van der Waals surface area contributed by atoms with Crippen LogP contribution in [0.1, 0.15) is 104 Å². The molecule has 0 aromatic heterocycles. The Morgan fingerprint density at radius 1 is 0.857 bits per heavy atom. The summed E-state index contributed by atoms with van der Waals surface area (Å²) in [6, 6.07) is 6.49. The molecule has 3 nitrogen and oxygen atoms in total. The maximum Gasteiger partial charge on any atom is 0.491 e. The van der Waals surface area contributed by atoms with Crippen LogP contribution in [-0.2, 0) is 17.5 Å². The zero-order valence-corrected chi connectivity index (χ0v) is 19.2. The molecule has 4 heteroatoms. The zero-order chi connectivity index (χ0) is 21.2. The van der Waals surface area contributed by atoms with E-state index < -0.39 is 18.3 Å². The van der Waals surface area contributed by atoms with Crippen molar-refractivity contribution in [3.8, 4) is 0 Å². The lowest BCUT2D eigenvalue weighted by Gasteiger charge is -2.38. The molecule has 0 radical (unpaired) electrons. The molecule has 0 aliphatic carbocycles. The summed E-state index contributed by atoms with van der Waals surface area (Å²) in [5, 5.41) is 21.3. The Kier molecular flexibility index (Phi) is 10.8. The molecule has 0 fully saturated rings. The summed E-state index contributed by atoms with van der Waals surface area (Å²) < 4.78 is 5.96. The maximum atomic E-state index is 10.9. The molecular formula is C24H43BO3. The smallest absolute Gasteiger partial charge is 0.423 e. The lowest BCUT2D eigenvalue weighted by Crippen LogP contribution is -2.53. The van der Waals surface area contributed by atoms with Gasteiger partial charge in [-0.05, 0) is 70.0 Å². The number of hydrogen-bond acceptors (Lipinski definition) is 3. The van der Waals surface area contributed by atoms with Crippen LogP contribution in [0.4, 0.5) is 0 Å². The highest BCUT2D eigenvalue weighted by molar-refractivity contribution is 6.60. The van der Waals surface area contributed by atoms with Crippen molar-refractivity contribution in [1.82, 2.24) is 0 Å². The molecule has 28 heavy (non-hydrogen) atoms. The fraction of sp³-hybridized carbons (Fsp3) is 0.750. The van der Waals surface area contributed by atoms with Gasteiger partial charge < -0.3 is 14.8 Å². The Balaban J connectivity index is 2.96. The van der Waals surface area contributed by atoms with Gasteiger partial charge in [0.2, 0.25) is 0 Å². The van der Waals surface area contributed by atoms with Gasteiger partial charge in [-0.25, -0.2) is 0 Å². The van der Waals surface area contributed by atoms with Gasteiger partial charge in [0.15, 0.2) is 0 Å². The van der Waals surface area contributed by atoms with Crippen LogP contribution in [0.5, 0.6) is 0 Å². The fourth-order valence-electron chi connectivity index (χ4n) is 3.24. The van der Waals surface area contributed by atoms with Gasteiger partial charge >= 0.3 is 7.12 Å². The predicted molar refractivity (Wildman–Crippen MR) is 121 cm³/mol. The van der Waals surface area contributed by atoms with Crippen molar-refractivity contribution in [2.75, 3.05) is 0 Å². The fourth-order valence-corrected chi connectivity index (χ4v) is 3.24. The third-order valence-corrected chi connectivity index (χ3v) is 5.97. The van der Waals surface area contributed by atoms with Crippen LogP contribution in [0.25, 0.3) is 0 Å². The Hall–Kier alpha value is -0.835. The molecule has 0 unspecified atom stereocenters. The lowest BCUT2D eigenvalue weighted by molar-refractivity contribution is -0.0982. The third-order valence-electron chi connectivity index (χ3n) is 5.97. The highest BCUT2D eigenvalue weighted by Gasteiger charge is 2.40. The normalized spacial score (nSPS) is 12.4. The van der Waals surface area contributed by atoms with E-state index in [-0.39, 0.29) is 0 Å². The molecule has 0 saturated carbocycles. The molecule has 0 atom stereocenters.